The first kappa shape index (κ1) is 19.3. The number of nitrogens with zero attached hydrogens (tertiary/aromatic N) is 2. The van der Waals surface area contributed by atoms with Crippen LogP contribution in [-0.4, -0.2) is 22.4 Å². The third-order valence-electron chi connectivity index (χ3n) is 4.92. The van der Waals surface area contributed by atoms with E-state index in [2.05, 4.69) is 22.4 Å². The average molecular weight is 412 g/mol. The summed E-state index contributed by atoms with van der Waals surface area (Å²) in [4.78, 5) is 23.1. The van der Waals surface area contributed by atoms with E-state index >= 15 is 0 Å². The molecule has 0 radical (unpaired) electrons. The number of rotatable bonds is 8. The van der Waals surface area contributed by atoms with E-state index < -0.39 is 0 Å². The normalized spacial score (nSPS) is 13.3. The number of hydrogen-bond donors (Lipinski definition) is 1. The lowest BCUT2D eigenvalue weighted by atomic mass is 10.0. The fourth-order valence-electron chi connectivity index (χ4n) is 3.49. The molecule has 28 heavy (non-hydrogen) atoms. The van der Waals surface area contributed by atoms with E-state index in [1.54, 1.807) is 11.3 Å². The fraction of sp³-hybridized carbons (Fsp3) is 0.409. The van der Waals surface area contributed by atoms with Crippen LogP contribution in [0, 0.1) is 0 Å². The minimum absolute atomic E-state index is 0.0509. The largest absolute Gasteiger partial charge is 0.356 e. The summed E-state index contributed by atoms with van der Waals surface area (Å²) in [6.07, 6.45) is 7.99. The van der Waals surface area contributed by atoms with Gasteiger partial charge in [0.2, 0.25) is 5.91 Å². The Morgan fingerprint density at radius 1 is 1.07 bits per heavy atom. The van der Waals surface area contributed by atoms with Gasteiger partial charge in [-0.05, 0) is 37.7 Å². The van der Waals surface area contributed by atoms with Crippen molar-refractivity contribution in [1.82, 2.24) is 15.3 Å². The maximum Gasteiger partial charge on any atom is 0.226 e. The minimum atomic E-state index is 0.0509. The zero-order valence-electron chi connectivity index (χ0n) is 15.9. The highest BCUT2D eigenvalue weighted by atomic mass is 32.1. The first-order chi connectivity index (χ1) is 13.8. The number of aromatic nitrogens is 2. The highest BCUT2D eigenvalue weighted by Gasteiger charge is 2.15. The van der Waals surface area contributed by atoms with Crippen molar-refractivity contribution in [2.24, 2.45) is 0 Å². The van der Waals surface area contributed by atoms with Crippen molar-refractivity contribution < 1.29 is 4.79 Å². The van der Waals surface area contributed by atoms with Crippen molar-refractivity contribution in [2.75, 3.05) is 6.54 Å². The highest BCUT2D eigenvalue weighted by Crippen LogP contribution is 2.27. The number of amides is 1. The van der Waals surface area contributed by atoms with Crippen molar-refractivity contribution in [2.45, 2.75) is 51.4 Å². The Hall–Kier alpha value is -2.05. The van der Waals surface area contributed by atoms with E-state index in [0.717, 1.165) is 36.4 Å². The van der Waals surface area contributed by atoms with Gasteiger partial charge in [0.15, 0.2) is 0 Å². The van der Waals surface area contributed by atoms with Crippen LogP contribution in [0.5, 0.6) is 0 Å². The standard InChI is InChI=1S/C22H25N3OS2/c26-20(14-17-15-27-22(24-17)13-16-7-2-1-3-8-16)23-12-6-11-21-25-18-9-4-5-10-19(18)28-21/h1-3,7-8,15H,4-6,9-14H2,(H,23,26). The van der Waals surface area contributed by atoms with Crippen LogP contribution in [0.1, 0.15) is 51.1 Å². The Morgan fingerprint density at radius 3 is 2.79 bits per heavy atom. The first-order valence-corrected chi connectivity index (χ1v) is 11.7. The first-order valence-electron chi connectivity index (χ1n) is 9.97. The monoisotopic (exact) mass is 411 g/mol. The van der Waals surface area contributed by atoms with Gasteiger partial charge in [0.25, 0.3) is 0 Å². The van der Waals surface area contributed by atoms with E-state index in [1.165, 1.54) is 40.4 Å². The van der Waals surface area contributed by atoms with Crippen molar-refractivity contribution in [3.05, 3.63) is 67.6 Å². The molecule has 0 unspecified atom stereocenters. The molecule has 4 nitrogen and oxygen atoms in total. The molecule has 0 atom stereocenters. The molecule has 1 amide bonds. The summed E-state index contributed by atoms with van der Waals surface area (Å²) in [5, 5.41) is 7.31. The Kier molecular flexibility index (Phi) is 6.49. The van der Waals surface area contributed by atoms with Crippen LogP contribution < -0.4 is 5.32 Å². The Balaban J connectivity index is 1.18. The lowest BCUT2D eigenvalue weighted by Gasteiger charge is -2.06. The zero-order chi connectivity index (χ0) is 19.2. The van der Waals surface area contributed by atoms with E-state index in [9.17, 15) is 4.79 Å². The summed E-state index contributed by atoms with van der Waals surface area (Å²) < 4.78 is 0. The zero-order valence-corrected chi connectivity index (χ0v) is 17.6. The summed E-state index contributed by atoms with van der Waals surface area (Å²) in [6.45, 7) is 0.699. The lowest BCUT2D eigenvalue weighted by molar-refractivity contribution is -0.120. The summed E-state index contributed by atoms with van der Waals surface area (Å²) in [5.41, 5.74) is 3.43. The molecule has 0 aliphatic heterocycles. The summed E-state index contributed by atoms with van der Waals surface area (Å²) >= 11 is 3.49. The van der Waals surface area contributed by atoms with Crippen LogP contribution in [0.15, 0.2) is 35.7 Å². The van der Waals surface area contributed by atoms with Gasteiger partial charge in [0, 0.05) is 29.6 Å². The maximum atomic E-state index is 12.2. The molecule has 0 saturated carbocycles. The van der Waals surface area contributed by atoms with Crippen LogP contribution in [0.3, 0.4) is 0 Å². The molecule has 1 aliphatic rings. The summed E-state index contributed by atoms with van der Waals surface area (Å²) in [6, 6.07) is 10.3. The van der Waals surface area contributed by atoms with Crippen molar-refractivity contribution >= 4 is 28.6 Å². The van der Waals surface area contributed by atoms with Crippen LogP contribution in [0.4, 0.5) is 0 Å². The smallest absolute Gasteiger partial charge is 0.226 e. The number of nitrogens with one attached hydrogen (secondary N) is 1. The van der Waals surface area contributed by atoms with Gasteiger partial charge in [-0.25, -0.2) is 9.97 Å². The highest BCUT2D eigenvalue weighted by molar-refractivity contribution is 7.11. The molecule has 2 aromatic heterocycles. The van der Waals surface area contributed by atoms with Crippen LogP contribution in [0.25, 0.3) is 0 Å². The third-order valence-corrected chi connectivity index (χ3v) is 7.03. The maximum absolute atomic E-state index is 12.2. The molecule has 3 aromatic rings. The molecule has 1 N–H and O–H groups in total. The van der Waals surface area contributed by atoms with E-state index in [-0.39, 0.29) is 5.91 Å². The predicted molar refractivity (Wildman–Crippen MR) is 115 cm³/mol. The van der Waals surface area contributed by atoms with Crippen LogP contribution >= 0.6 is 22.7 Å². The van der Waals surface area contributed by atoms with Crippen molar-refractivity contribution in [3.8, 4) is 0 Å². The SMILES string of the molecule is O=C(Cc1csc(Cc2ccccc2)n1)NCCCc1nc2c(s1)CCCC2. The second-order valence-electron chi connectivity index (χ2n) is 7.21. The van der Waals surface area contributed by atoms with Crippen LogP contribution in [-0.2, 0) is 36.9 Å². The second kappa shape index (κ2) is 9.43. The molecule has 0 bridgehead atoms. The van der Waals surface area contributed by atoms with Crippen LogP contribution in [0.2, 0.25) is 0 Å². The number of carbonyl (C=O) groups is 1. The number of benzene rings is 1. The summed E-state index contributed by atoms with van der Waals surface area (Å²) in [5.74, 6) is 0.0509. The van der Waals surface area contributed by atoms with Gasteiger partial charge in [-0.15, -0.1) is 22.7 Å². The van der Waals surface area contributed by atoms with Gasteiger partial charge >= 0.3 is 0 Å². The van der Waals surface area contributed by atoms with Crippen molar-refractivity contribution in [3.63, 3.8) is 0 Å². The molecule has 6 heteroatoms. The number of hydrogen-bond acceptors (Lipinski definition) is 5. The molecule has 146 valence electrons. The Morgan fingerprint density at radius 2 is 1.93 bits per heavy atom. The second-order valence-corrected chi connectivity index (χ2v) is 9.32. The molecule has 0 saturated heterocycles. The molecule has 4 rings (SSSR count). The molecule has 2 heterocycles. The predicted octanol–water partition coefficient (Wildman–Crippen LogP) is 4.36. The molecule has 1 aromatic carbocycles. The van der Waals surface area contributed by atoms with Gasteiger partial charge in [0.1, 0.15) is 0 Å². The number of fused-ring (bicyclic) bond motifs is 1. The van der Waals surface area contributed by atoms with E-state index in [0.29, 0.717) is 13.0 Å². The minimum Gasteiger partial charge on any atom is -0.356 e. The number of thiazole rings is 2. The Labute approximate surface area is 174 Å². The summed E-state index contributed by atoms with van der Waals surface area (Å²) in [7, 11) is 0. The quantitative estimate of drug-likeness (QED) is 0.560. The van der Waals surface area contributed by atoms with Crippen molar-refractivity contribution in [1.29, 1.82) is 0 Å². The Bertz CT molecular complexity index is 894. The topological polar surface area (TPSA) is 54.9 Å². The molecule has 0 spiro atoms. The lowest BCUT2D eigenvalue weighted by Crippen LogP contribution is -2.26. The van der Waals surface area contributed by atoms with Gasteiger partial charge in [-0.3, -0.25) is 4.79 Å². The fourth-order valence-corrected chi connectivity index (χ4v) is 5.52. The van der Waals surface area contributed by atoms with E-state index in [1.807, 2.05) is 34.9 Å². The van der Waals surface area contributed by atoms with Gasteiger partial charge in [-0.2, -0.15) is 0 Å². The van der Waals surface area contributed by atoms with Gasteiger partial charge in [-0.1, -0.05) is 30.3 Å². The molecule has 1 aliphatic carbocycles. The molecular formula is C22H25N3OS2. The third kappa shape index (κ3) is 5.26. The number of aryl methyl sites for hydroxylation is 3. The molecular weight excluding hydrogens is 386 g/mol. The van der Waals surface area contributed by atoms with Gasteiger partial charge < -0.3 is 5.32 Å². The van der Waals surface area contributed by atoms with E-state index in [4.69, 9.17) is 4.98 Å². The number of carbonyl (C=O) groups excluding carboxylic acids is 1. The molecule has 0 fully saturated rings. The average Bonchev–Trinajstić information content (AvgIpc) is 3.32. The van der Waals surface area contributed by atoms with Gasteiger partial charge in [0.05, 0.1) is 27.8 Å².